The number of carbonyl (C=O) groups excluding carboxylic acids is 3. The van der Waals surface area contributed by atoms with Crippen molar-refractivity contribution in [3.63, 3.8) is 0 Å². The molecule has 1 aromatic carbocycles. The van der Waals surface area contributed by atoms with Crippen molar-refractivity contribution in [2.75, 3.05) is 26.2 Å². The highest BCUT2D eigenvalue weighted by atomic mass is 79.9. The lowest BCUT2D eigenvalue weighted by Crippen LogP contribution is -2.62. The van der Waals surface area contributed by atoms with Gasteiger partial charge in [-0.15, -0.1) is 0 Å². The average Bonchev–Trinajstić information content (AvgIpc) is 3.13. The number of benzene rings is 1. The van der Waals surface area contributed by atoms with Gasteiger partial charge in [0.05, 0.1) is 18.3 Å². The molecule has 1 aliphatic heterocycles. The van der Waals surface area contributed by atoms with E-state index in [0.717, 1.165) is 50.3 Å². The number of carbonyl (C=O) groups is 3. The second-order valence-electron chi connectivity index (χ2n) is 10.4. The van der Waals surface area contributed by atoms with Crippen LogP contribution in [0, 0.1) is 6.92 Å². The standard InChI is InChI=1S/C30H32BrClN6O3/c1-18-23-6-5-21-12-22(31)15-35-28(21)29(24(23)7-8-25(18)32)37-10-11-38(27(40)16-34-19(2)39)26(17-37)30(41)36-14-20-4-3-9-33-13-20/h3-4,7-9,12-13,15,26,29H,5-6,10-11,14,16-17H2,1-2H3,(H,34,39)(H,36,41). The molecule has 9 nitrogen and oxygen atoms in total. The Labute approximate surface area is 252 Å². The largest absolute Gasteiger partial charge is 0.350 e. The summed E-state index contributed by atoms with van der Waals surface area (Å²) >= 11 is 10.1. The molecule has 5 rings (SSSR count). The van der Waals surface area contributed by atoms with Crippen molar-refractivity contribution >= 4 is 45.3 Å². The van der Waals surface area contributed by atoms with E-state index in [-0.39, 0.29) is 30.3 Å². The fraction of sp³-hybridized carbons (Fsp3) is 0.367. The molecule has 2 aliphatic rings. The number of piperazine rings is 1. The van der Waals surface area contributed by atoms with Crippen LogP contribution in [-0.2, 0) is 33.8 Å². The lowest BCUT2D eigenvalue weighted by Gasteiger charge is -2.44. The molecule has 2 aromatic heterocycles. The molecule has 2 N–H and O–H groups in total. The third kappa shape index (κ3) is 6.45. The molecular formula is C30H32BrClN6O3. The average molecular weight is 640 g/mol. The SMILES string of the molecule is CC(=O)NCC(=O)N1CCN(C2c3ccc(Cl)c(C)c3CCc3cc(Br)cnc32)CC1C(=O)NCc1cccnc1. The zero-order valence-electron chi connectivity index (χ0n) is 23.0. The second kappa shape index (κ2) is 12.7. The van der Waals surface area contributed by atoms with E-state index >= 15 is 0 Å². The number of hydrogen-bond acceptors (Lipinski definition) is 6. The zero-order chi connectivity index (χ0) is 29.1. The Hall–Kier alpha value is -3.34. The van der Waals surface area contributed by atoms with Gasteiger partial charge in [0.25, 0.3) is 0 Å². The van der Waals surface area contributed by atoms with Crippen molar-refractivity contribution in [3.05, 3.63) is 91.9 Å². The van der Waals surface area contributed by atoms with Crippen molar-refractivity contribution in [1.29, 1.82) is 0 Å². The highest BCUT2D eigenvalue weighted by Crippen LogP contribution is 2.40. The third-order valence-electron chi connectivity index (χ3n) is 7.81. The normalized spacial score (nSPS) is 18.6. The first-order valence-corrected chi connectivity index (χ1v) is 14.8. The Balaban J connectivity index is 1.49. The number of rotatable bonds is 6. The van der Waals surface area contributed by atoms with Crippen molar-refractivity contribution < 1.29 is 14.4 Å². The van der Waals surface area contributed by atoms with Crippen LogP contribution >= 0.6 is 27.5 Å². The van der Waals surface area contributed by atoms with Gasteiger partial charge < -0.3 is 15.5 Å². The number of pyridine rings is 2. The van der Waals surface area contributed by atoms with E-state index in [0.29, 0.717) is 26.2 Å². The molecule has 1 saturated heterocycles. The number of nitrogens with one attached hydrogen (secondary N) is 2. The summed E-state index contributed by atoms with van der Waals surface area (Å²) in [5.74, 6) is -0.861. The summed E-state index contributed by atoms with van der Waals surface area (Å²) in [7, 11) is 0. The molecule has 3 heterocycles. The number of halogens is 2. The van der Waals surface area contributed by atoms with Gasteiger partial charge in [0.2, 0.25) is 17.7 Å². The smallest absolute Gasteiger partial charge is 0.244 e. The summed E-state index contributed by atoms with van der Waals surface area (Å²) in [6.45, 7) is 4.70. The lowest BCUT2D eigenvalue weighted by molar-refractivity contribution is -0.144. The van der Waals surface area contributed by atoms with Gasteiger partial charge >= 0.3 is 0 Å². The monoisotopic (exact) mass is 638 g/mol. The fourth-order valence-electron chi connectivity index (χ4n) is 5.72. The zero-order valence-corrected chi connectivity index (χ0v) is 25.3. The third-order valence-corrected chi connectivity index (χ3v) is 8.66. The summed E-state index contributed by atoms with van der Waals surface area (Å²) in [5.41, 5.74) is 6.31. The number of aromatic nitrogens is 2. The predicted octanol–water partition coefficient (Wildman–Crippen LogP) is 3.35. The molecule has 2 atom stereocenters. The van der Waals surface area contributed by atoms with Crippen LogP contribution in [0.15, 0.2) is 53.4 Å². The van der Waals surface area contributed by atoms with Crippen molar-refractivity contribution in [2.45, 2.75) is 45.3 Å². The van der Waals surface area contributed by atoms with Gasteiger partial charge in [-0.25, -0.2) is 0 Å². The van der Waals surface area contributed by atoms with Gasteiger partial charge in [0.15, 0.2) is 0 Å². The van der Waals surface area contributed by atoms with Crippen LogP contribution < -0.4 is 10.6 Å². The van der Waals surface area contributed by atoms with Gasteiger partial charge in [-0.2, -0.15) is 0 Å². The Kier molecular flexibility index (Phi) is 9.01. The molecule has 2 unspecified atom stereocenters. The maximum Gasteiger partial charge on any atom is 0.244 e. The molecule has 41 heavy (non-hydrogen) atoms. The summed E-state index contributed by atoms with van der Waals surface area (Å²) in [6, 6.07) is 8.83. The highest BCUT2D eigenvalue weighted by Gasteiger charge is 2.40. The first-order valence-electron chi connectivity index (χ1n) is 13.6. The van der Waals surface area contributed by atoms with E-state index in [9.17, 15) is 14.4 Å². The molecule has 0 saturated carbocycles. The van der Waals surface area contributed by atoms with Crippen LogP contribution in [0.1, 0.15) is 46.5 Å². The minimum atomic E-state index is -0.763. The van der Waals surface area contributed by atoms with Crippen LogP contribution in [0.2, 0.25) is 5.02 Å². The quantitative estimate of drug-likeness (QED) is 0.429. The molecule has 1 fully saturated rings. The number of nitrogens with zero attached hydrogens (tertiary/aromatic N) is 4. The minimum absolute atomic E-state index is 0.163. The number of hydrogen-bond donors (Lipinski definition) is 2. The first-order chi connectivity index (χ1) is 19.7. The summed E-state index contributed by atoms with van der Waals surface area (Å²) in [6.07, 6.45) is 6.83. The molecular weight excluding hydrogens is 608 g/mol. The maximum absolute atomic E-state index is 13.7. The number of amides is 3. The molecule has 1 aliphatic carbocycles. The van der Waals surface area contributed by atoms with E-state index in [1.807, 2.05) is 31.3 Å². The molecule has 3 aromatic rings. The van der Waals surface area contributed by atoms with Crippen LogP contribution in [0.5, 0.6) is 0 Å². The predicted molar refractivity (Wildman–Crippen MR) is 159 cm³/mol. The van der Waals surface area contributed by atoms with Gasteiger partial charge in [0, 0.05) is 61.2 Å². The molecule has 0 spiro atoms. The molecule has 214 valence electrons. The summed E-state index contributed by atoms with van der Waals surface area (Å²) < 4.78 is 0.914. The van der Waals surface area contributed by atoms with Crippen LogP contribution in [-0.4, -0.2) is 69.7 Å². The van der Waals surface area contributed by atoms with Gasteiger partial charge in [0.1, 0.15) is 6.04 Å². The second-order valence-corrected chi connectivity index (χ2v) is 11.8. The number of fused-ring (bicyclic) bond motifs is 2. The van der Waals surface area contributed by atoms with Gasteiger partial charge in [-0.05, 0) is 81.7 Å². The molecule has 0 bridgehead atoms. The van der Waals surface area contributed by atoms with Crippen molar-refractivity contribution in [3.8, 4) is 0 Å². The topological polar surface area (TPSA) is 108 Å². The minimum Gasteiger partial charge on any atom is -0.350 e. The van der Waals surface area contributed by atoms with Crippen molar-refractivity contribution in [1.82, 2.24) is 30.4 Å². The summed E-state index contributed by atoms with van der Waals surface area (Å²) in [4.78, 5) is 51.2. The Morgan fingerprint density at radius 3 is 2.71 bits per heavy atom. The highest BCUT2D eigenvalue weighted by molar-refractivity contribution is 9.10. The van der Waals surface area contributed by atoms with Gasteiger partial charge in [-0.3, -0.25) is 29.3 Å². The Morgan fingerprint density at radius 1 is 1.12 bits per heavy atom. The van der Waals surface area contributed by atoms with E-state index in [2.05, 4.69) is 48.6 Å². The number of aryl methyl sites for hydroxylation is 1. The van der Waals surface area contributed by atoms with E-state index in [4.69, 9.17) is 16.6 Å². The first kappa shape index (κ1) is 29.2. The van der Waals surface area contributed by atoms with Crippen molar-refractivity contribution in [2.24, 2.45) is 0 Å². The van der Waals surface area contributed by atoms with Crippen LogP contribution in [0.25, 0.3) is 0 Å². The Bertz CT molecular complexity index is 1470. The summed E-state index contributed by atoms with van der Waals surface area (Å²) in [5, 5.41) is 6.29. The fourth-order valence-corrected chi connectivity index (χ4v) is 6.28. The van der Waals surface area contributed by atoms with E-state index in [1.54, 1.807) is 17.3 Å². The molecule has 3 amide bonds. The Morgan fingerprint density at radius 2 is 1.95 bits per heavy atom. The van der Waals surface area contributed by atoms with Gasteiger partial charge in [-0.1, -0.05) is 23.7 Å². The molecule has 11 heteroatoms. The molecule has 0 radical (unpaired) electrons. The lowest BCUT2D eigenvalue weighted by atomic mass is 9.92. The van der Waals surface area contributed by atoms with E-state index in [1.165, 1.54) is 12.5 Å². The van der Waals surface area contributed by atoms with E-state index < -0.39 is 6.04 Å². The van der Waals surface area contributed by atoms with Crippen LogP contribution in [0.4, 0.5) is 0 Å². The maximum atomic E-state index is 13.7. The van der Waals surface area contributed by atoms with Crippen LogP contribution in [0.3, 0.4) is 0 Å².